The summed E-state index contributed by atoms with van der Waals surface area (Å²) in [6.45, 7) is 0. The highest BCUT2D eigenvalue weighted by Gasteiger charge is 2.33. The molecule has 0 saturated heterocycles. The second-order valence-corrected chi connectivity index (χ2v) is 4.28. The molecule has 0 atom stereocenters. The lowest BCUT2D eigenvalue weighted by Crippen LogP contribution is -2.27. The first kappa shape index (κ1) is 6.53. The lowest BCUT2D eigenvalue weighted by Gasteiger charge is -2.27. The zero-order valence-corrected chi connectivity index (χ0v) is 6.78. The molecular weight excluding hydrogens is 144 g/mol. The van der Waals surface area contributed by atoms with E-state index in [1.807, 2.05) is 0 Å². The van der Waals surface area contributed by atoms with Gasteiger partial charge in [0.05, 0.1) is 4.75 Å². The zero-order valence-electron chi connectivity index (χ0n) is 5.97. The molecule has 0 aromatic rings. The summed E-state index contributed by atoms with van der Waals surface area (Å²) in [4.78, 5) is 2.97. The fraction of sp³-hybridized carbons (Fsp3) is 0.857. The number of nitrogens with zero attached hydrogens (tertiary/aromatic N) is 1. The van der Waals surface area contributed by atoms with Crippen LogP contribution in [0, 0.1) is 0 Å². The summed E-state index contributed by atoms with van der Waals surface area (Å²) in [5.41, 5.74) is 0. The average molecular weight is 156 g/mol. The maximum Gasteiger partial charge on any atom is 0.0740 e. The van der Waals surface area contributed by atoms with Crippen molar-refractivity contribution in [1.82, 2.24) is 4.83 Å². The molecule has 1 N–H and O–H groups in total. The minimum absolute atomic E-state index is 0.387. The molecule has 1 fully saturated rings. The third-order valence-electron chi connectivity index (χ3n) is 2.30. The third-order valence-corrected chi connectivity index (χ3v) is 3.42. The van der Waals surface area contributed by atoms with Crippen molar-refractivity contribution >= 4 is 18.2 Å². The first-order chi connectivity index (χ1) is 4.91. The van der Waals surface area contributed by atoms with Crippen molar-refractivity contribution in [2.24, 2.45) is 5.10 Å². The van der Waals surface area contributed by atoms with Crippen LogP contribution in [0.4, 0.5) is 0 Å². The van der Waals surface area contributed by atoms with Crippen LogP contribution < -0.4 is 4.83 Å². The number of hydrogen-bond donors (Lipinski definition) is 1. The van der Waals surface area contributed by atoms with E-state index in [-0.39, 0.29) is 0 Å². The smallest absolute Gasteiger partial charge is 0.0740 e. The SMILES string of the molecule is C1=NNSC12CCCCC2. The molecule has 1 aliphatic heterocycles. The Morgan fingerprint density at radius 3 is 2.70 bits per heavy atom. The van der Waals surface area contributed by atoms with Gasteiger partial charge in [0, 0.05) is 6.21 Å². The summed E-state index contributed by atoms with van der Waals surface area (Å²) in [5, 5.41) is 4.05. The van der Waals surface area contributed by atoms with Crippen molar-refractivity contribution in [3.63, 3.8) is 0 Å². The minimum Gasteiger partial charge on any atom is -0.251 e. The third kappa shape index (κ3) is 1.03. The van der Waals surface area contributed by atoms with E-state index in [1.54, 1.807) is 11.9 Å². The van der Waals surface area contributed by atoms with Crippen molar-refractivity contribution in [2.75, 3.05) is 0 Å². The van der Waals surface area contributed by atoms with Crippen LogP contribution in [0.1, 0.15) is 32.1 Å². The van der Waals surface area contributed by atoms with Gasteiger partial charge in [-0.05, 0) is 24.8 Å². The molecule has 2 aliphatic rings. The predicted molar refractivity (Wildman–Crippen MR) is 45.0 cm³/mol. The van der Waals surface area contributed by atoms with Crippen molar-refractivity contribution in [1.29, 1.82) is 0 Å². The quantitative estimate of drug-likeness (QED) is 0.542. The number of hydrogen-bond acceptors (Lipinski definition) is 3. The summed E-state index contributed by atoms with van der Waals surface area (Å²) < 4.78 is 0.387. The minimum atomic E-state index is 0.387. The highest BCUT2D eigenvalue weighted by molar-refractivity contribution is 7.99. The summed E-state index contributed by atoms with van der Waals surface area (Å²) in [6.07, 6.45) is 8.89. The van der Waals surface area contributed by atoms with Crippen LogP contribution in [-0.4, -0.2) is 11.0 Å². The van der Waals surface area contributed by atoms with Gasteiger partial charge in [-0.3, -0.25) is 4.83 Å². The van der Waals surface area contributed by atoms with E-state index in [2.05, 4.69) is 16.1 Å². The van der Waals surface area contributed by atoms with Gasteiger partial charge >= 0.3 is 0 Å². The first-order valence-corrected chi connectivity index (χ1v) is 4.70. The Hall–Kier alpha value is -0.180. The summed E-state index contributed by atoms with van der Waals surface area (Å²) >= 11 is 1.79. The molecule has 3 heteroatoms. The van der Waals surface area contributed by atoms with Crippen LogP contribution in [0.25, 0.3) is 0 Å². The monoisotopic (exact) mass is 156 g/mol. The van der Waals surface area contributed by atoms with E-state index in [0.717, 1.165) is 0 Å². The second-order valence-electron chi connectivity index (χ2n) is 3.08. The van der Waals surface area contributed by atoms with Crippen molar-refractivity contribution in [3.8, 4) is 0 Å². The second kappa shape index (κ2) is 2.46. The highest BCUT2D eigenvalue weighted by Crippen LogP contribution is 2.38. The van der Waals surface area contributed by atoms with Crippen LogP contribution in [0.3, 0.4) is 0 Å². The fourth-order valence-corrected chi connectivity index (χ4v) is 2.55. The van der Waals surface area contributed by atoms with Gasteiger partial charge in [-0.25, -0.2) is 0 Å². The molecule has 0 aromatic carbocycles. The van der Waals surface area contributed by atoms with Crippen molar-refractivity contribution < 1.29 is 0 Å². The Labute approximate surface area is 65.6 Å². The number of nitrogens with one attached hydrogen (secondary N) is 1. The lowest BCUT2D eigenvalue weighted by molar-refractivity contribution is 0.477. The topological polar surface area (TPSA) is 24.4 Å². The van der Waals surface area contributed by atoms with Crippen molar-refractivity contribution in [3.05, 3.63) is 0 Å². The molecule has 1 saturated carbocycles. The molecule has 0 unspecified atom stereocenters. The number of rotatable bonds is 0. The highest BCUT2D eigenvalue weighted by atomic mass is 32.2. The average Bonchev–Trinajstić information content (AvgIpc) is 2.39. The van der Waals surface area contributed by atoms with Crippen LogP contribution >= 0.6 is 11.9 Å². The standard InChI is InChI=1S/C7H12N2S/c1-2-4-7(5-3-1)6-8-9-10-7/h6,9H,1-5H2. The maximum atomic E-state index is 4.05. The van der Waals surface area contributed by atoms with Gasteiger partial charge in [0.1, 0.15) is 0 Å². The van der Waals surface area contributed by atoms with Gasteiger partial charge in [0.2, 0.25) is 0 Å². The molecule has 1 spiro atoms. The lowest BCUT2D eigenvalue weighted by atomic mass is 9.89. The van der Waals surface area contributed by atoms with Crippen molar-refractivity contribution in [2.45, 2.75) is 36.9 Å². The molecule has 0 bridgehead atoms. The predicted octanol–water partition coefficient (Wildman–Crippen LogP) is 1.93. The van der Waals surface area contributed by atoms with Gasteiger partial charge in [-0.1, -0.05) is 19.3 Å². The van der Waals surface area contributed by atoms with E-state index < -0.39 is 0 Å². The largest absolute Gasteiger partial charge is 0.251 e. The molecule has 1 aliphatic carbocycles. The summed E-state index contributed by atoms with van der Waals surface area (Å²) in [5.74, 6) is 0. The van der Waals surface area contributed by atoms with Gasteiger partial charge in [0.25, 0.3) is 0 Å². The van der Waals surface area contributed by atoms with Gasteiger partial charge < -0.3 is 0 Å². The Morgan fingerprint density at radius 2 is 2.10 bits per heavy atom. The van der Waals surface area contributed by atoms with Crippen LogP contribution in [0.15, 0.2) is 5.10 Å². The van der Waals surface area contributed by atoms with Gasteiger partial charge in [-0.2, -0.15) is 5.10 Å². The maximum absolute atomic E-state index is 4.05. The number of hydrazone groups is 1. The van der Waals surface area contributed by atoms with E-state index in [0.29, 0.717) is 4.75 Å². The molecule has 10 heavy (non-hydrogen) atoms. The fourth-order valence-electron chi connectivity index (χ4n) is 1.67. The Kier molecular flexibility index (Phi) is 1.60. The molecule has 2 rings (SSSR count). The molecule has 1 heterocycles. The normalized spacial score (nSPS) is 28.8. The van der Waals surface area contributed by atoms with Gasteiger partial charge in [0.15, 0.2) is 0 Å². The molecule has 0 aromatic heterocycles. The molecule has 56 valence electrons. The van der Waals surface area contributed by atoms with E-state index in [9.17, 15) is 0 Å². The Balaban J connectivity index is 2.05. The summed E-state index contributed by atoms with van der Waals surface area (Å²) in [6, 6.07) is 0. The van der Waals surface area contributed by atoms with Crippen LogP contribution in [0.2, 0.25) is 0 Å². The zero-order chi connectivity index (χ0) is 6.86. The van der Waals surface area contributed by atoms with E-state index in [4.69, 9.17) is 0 Å². The molecule has 2 nitrogen and oxygen atoms in total. The molecular formula is C7H12N2S. The summed E-state index contributed by atoms with van der Waals surface area (Å²) in [7, 11) is 0. The molecule has 0 amide bonds. The van der Waals surface area contributed by atoms with E-state index >= 15 is 0 Å². The van der Waals surface area contributed by atoms with Crippen LogP contribution in [-0.2, 0) is 0 Å². The Morgan fingerprint density at radius 1 is 1.30 bits per heavy atom. The molecule has 0 radical (unpaired) electrons. The van der Waals surface area contributed by atoms with Crippen LogP contribution in [0.5, 0.6) is 0 Å². The first-order valence-electron chi connectivity index (χ1n) is 3.89. The van der Waals surface area contributed by atoms with Gasteiger partial charge in [-0.15, -0.1) is 0 Å². The Bertz CT molecular complexity index is 150. The van der Waals surface area contributed by atoms with E-state index in [1.165, 1.54) is 32.1 Å².